The van der Waals surface area contributed by atoms with Crippen molar-refractivity contribution in [3.8, 4) is 0 Å². The molecule has 0 bridgehead atoms. The van der Waals surface area contributed by atoms with E-state index in [0.29, 0.717) is 6.42 Å². The second-order valence-electron chi connectivity index (χ2n) is 6.91. The Hall–Kier alpha value is -2.14. The summed E-state index contributed by atoms with van der Waals surface area (Å²) in [6.07, 6.45) is 4.08. The van der Waals surface area contributed by atoms with Crippen molar-refractivity contribution in [1.82, 2.24) is 14.7 Å². The molecule has 126 valence electrons. The molecule has 0 radical (unpaired) electrons. The Morgan fingerprint density at radius 3 is 3.00 bits per heavy atom. The largest absolute Gasteiger partial charge is 0.326 e. The Labute approximate surface area is 142 Å². The van der Waals surface area contributed by atoms with Gasteiger partial charge in [-0.15, -0.1) is 0 Å². The summed E-state index contributed by atoms with van der Waals surface area (Å²) in [6.45, 7) is 5.57. The Balaban J connectivity index is 1.29. The molecule has 2 aliphatic rings. The first kappa shape index (κ1) is 15.4. The van der Waals surface area contributed by atoms with Crippen LogP contribution in [0.1, 0.15) is 35.4 Å². The summed E-state index contributed by atoms with van der Waals surface area (Å²) in [4.78, 5) is 14.6. The van der Waals surface area contributed by atoms with Crippen molar-refractivity contribution >= 4 is 11.6 Å². The average Bonchev–Trinajstić information content (AvgIpc) is 3.17. The van der Waals surface area contributed by atoms with Crippen LogP contribution in [0.25, 0.3) is 0 Å². The molecule has 0 atom stereocenters. The summed E-state index contributed by atoms with van der Waals surface area (Å²) >= 11 is 0. The van der Waals surface area contributed by atoms with E-state index in [9.17, 15) is 4.79 Å². The molecular formula is C19H24N4O. The number of carbonyl (C=O) groups excluding carboxylic acids is 1. The highest BCUT2D eigenvalue weighted by molar-refractivity contribution is 5.91. The number of carbonyl (C=O) groups is 1. The molecule has 1 aromatic heterocycles. The van der Waals surface area contributed by atoms with Crippen LogP contribution in [0.2, 0.25) is 0 Å². The van der Waals surface area contributed by atoms with Crippen LogP contribution in [0.5, 0.6) is 0 Å². The standard InChI is InChI=1S/C19H24N4O/c1-14-11-18-13-22(9-10-23(18)21-14)8-7-19(24)20-17-6-5-15-3-2-4-16(15)12-17/h5-6,11-12H,2-4,7-10,13H2,1H3,(H,20,24). The summed E-state index contributed by atoms with van der Waals surface area (Å²) in [7, 11) is 0. The topological polar surface area (TPSA) is 50.2 Å². The summed E-state index contributed by atoms with van der Waals surface area (Å²) in [5.41, 5.74) is 6.09. The van der Waals surface area contributed by atoms with Gasteiger partial charge in [-0.25, -0.2) is 0 Å². The maximum Gasteiger partial charge on any atom is 0.225 e. The van der Waals surface area contributed by atoms with E-state index in [4.69, 9.17) is 0 Å². The van der Waals surface area contributed by atoms with Gasteiger partial charge >= 0.3 is 0 Å². The van der Waals surface area contributed by atoms with Crippen LogP contribution < -0.4 is 5.32 Å². The highest BCUT2D eigenvalue weighted by atomic mass is 16.1. The van der Waals surface area contributed by atoms with Gasteiger partial charge in [0.25, 0.3) is 0 Å². The molecule has 0 fully saturated rings. The minimum absolute atomic E-state index is 0.100. The molecule has 1 aromatic carbocycles. The fourth-order valence-electron chi connectivity index (χ4n) is 3.79. The molecule has 0 spiro atoms. The van der Waals surface area contributed by atoms with Gasteiger partial charge < -0.3 is 5.32 Å². The first-order chi connectivity index (χ1) is 11.7. The maximum atomic E-state index is 12.2. The van der Waals surface area contributed by atoms with E-state index in [1.165, 1.54) is 29.7 Å². The predicted molar refractivity (Wildman–Crippen MR) is 94.0 cm³/mol. The van der Waals surface area contributed by atoms with Crippen LogP contribution in [0.15, 0.2) is 24.3 Å². The molecule has 1 aliphatic carbocycles. The van der Waals surface area contributed by atoms with Gasteiger partial charge in [-0.2, -0.15) is 5.10 Å². The molecule has 4 rings (SSSR count). The molecule has 5 heteroatoms. The lowest BCUT2D eigenvalue weighted by Crippen LogP contribution is -2.35. The van der Waals surface area contributed by atoms with Gasteiger partial charge in [0.05, 0.1) is 17.9 Å². The highest BCUT2D eigenvalue weighted by Gasteiger charge is 2.18. The first-order valence-electron chi connectivity index (χ1n) is 8.85. The third kappa shape index (κ3) is 3.22. The zero-order valence-electron chi connectivity index (χ0n) is 14.2. The van der Waals surface area contributed by atoms with Crippen molar-refractivity contribution in [1.29, 1.82) is 0 Å². The Morgan fingerprint density at radius 2 is 2.08 bits per heavy atom. The molecule has 2 aromatic rings. The van der Waals surface area contributed by atoms with Gasteiger partial charge in [0, 0.05) is 31.7 Å². The molecule has 5 nitrogen and oxygen atoms in total. The lowest BCUT2D eigenvalue weighted by Gasteiger charge is -2.27. The summed E-state index contributed by atoms with van der Waals surface area (Å²) in [5.74, 6) is 0.100. The number of nitrogens with one attached hydrogen (secondary N) is 1. The highest BCUT2D eigenvalue weighted by Crippen LogP contribution is 2.25. The van der Waals surface area contributed by atoms with Crippen LogP contribution in [-0.4, -0.2) is 33.7 Å². The zero-order chi connectivity index (χ0) is 16.5. The Morgan fingerprint density at radius 1 is 1.21 bits per heavy atom. The van der Waals surface area contributed by atoms with Gasteiger partial charge in [0.2, 0.25) is 5.91 Å². The van der Waals surface area contributed by atoms with E-state index in [2.05, 4.69) is 38.2 Å². The molecular weight excluding hydrogens is 300 g/mol. The van der Waals surface area contributed by atoms with Crippen molar-refractivity contribution in [3.63, 3.8) is 0 Å². The van der Waals surface area contributed by atoms with Crippen molar-refractivity contribution < 1.29 is 4.79 Å². The van der Waals surface area contributed by atoms with E-state index in [1.807, 2.05) is 13.0 Å². The monoisotopic (exact) mass is 324 g/mol. The summed E-state index contributed by atoms with van der Waals surface area (Å²) < 4.78 is 2.08. The quantitative estimate of drug-likeness (QED) is 0.940. The SMILES string of the molecule is Cc1cc2n(n1)CCN(CCC(=O)Nc1ccc3c(c1)CCC3)C2. The van der Waals surface area contributed by atoms with Gasteiger partial charge in [0.15, 0.2) is 0 Å². The number of rotatable bonds is 4. The molecule has 0 saturated carbocycles. The smallest absolute Gasteiger partial charge is 0.225 e. The number of hydrogen-bond acceptors (Lipinski definition) is 3. The first-order valence-corrected chi connectivity index (χ1v) is 8.85. The Bertz CT molecular complexity index is 765. The molecule has 1 aliphatic heterocycles. The van der Waals surface area contributed by atoms with E-state index >= 15 is 0 Å². The van der Waals surface area contributed by atoms with Crippen molar-refractivity contribution in [2.75, 3.05) is 18.4 Å². The lowest BCUT2D eigenvalue weighted by atomic mass is 10.1. The molecule has 2 heterocycles. The summed E-state index contributed by atoms with van der Waals surface area (Å²) in [5, 5.41) is 7.53. The number of benzene rings is 1. The second kappa shape index (κ2) is 6.40. The average molecular weight is 324 g/mol. The molecule has 0 unspecified atom stereocenters. The maximum absolute atomic E-state index is 12.2. The molecule has 1 amide bonds. The molecule has 24 heavy (non-hydrogen) atoms. The number of aromatic nitrogens is 2. The van der Waals surface area contributed by atoms with E-state index in [0.717, 1.165) is 44.0 Å². The number of hydrogen-bond donors (Lipinski definition) is 1. The molecule has 1 N–H and O–H groups in total. The third-order valence-corrected chi connectivity index (χ3v) is 5.04. The fraction of sp³-hybridized carbons (Fsp3) is 0.474. The van der Waals surface area contributed by atoms with E-state index in [1.54, 1.807) is 0 Å². The van der Waals surface area contributed by atoms with Crippen LogP contribution >= 0.6 is 0 Å². The van der Waals surface area contributed by atoms with Gasteiger partial charge in [0.1, 0.15) is 0 Å². The van der Waals surface area contributed by atoms with Gasteiger partial charge in [-0.3, -0.25) is 14.4 Å². The number of nitrogens with zero attached hydrogens (tertiary/aromatic N) is 3. The number of fused-ring (bicyclic) bond motifs is 2. The van der Waals surface area contributed by atoms with Crippen LogP contribution in [0.3, 0.4) is 0 Å². The summed E-state index contributed by atoms with van der Waals surface area (Å²) in [6, 6.07) is 8.47. The minimum atomic E-state index is 0.100. The second-order valence-corrected chi connectivity index (χ2v) is 6.91. The Kier molecular flexibility index (Phi) is 4.10. The third-order valence-electron chi connectivity index (χ3n) is 5.04. The zero-order valence-corrected chi connectivity index (χ0v) is 14.2. The number of aryl methyl sites for hydroxylation is 3. The van der Waals surface area contributed by atoms with Crippen molar-refractivity contribution in [2.24, 2.45) is 0 Å². The normalized spacial score (nSPS) is 16.7. The number of amides is 1. The lowest BCUT2D eigenvalue weighted by molar-refractivity contribution is -0.116. The van der Waals surface area contributed by atoms with E-state index in [-0.39, 0.29) is 5.91 Å². The van der Waals surface area contributed by atoms with Crippen LogP contribution in [0, 0.1) is 6.92 Å². The fourth-order valence-corrected chi connectivity index (χ4v) is 3.79. The van der Waals surface area contributed by atoms with Gasteiger partial charge in [-0.1, -0.05) is 6.07 Å². The van der Waals surface area contributed by atoms with E-state index < -0.39 is 0 Å². The van der Waals surface area contributed by atoms with Gasteiger partial charge in [-0.05, 0) is 55.5 Å². The van der Waals surface area contributed by atoms with Crippen molar-refractivity contribution in [2.45, 2.75) is 45.7 Å². The van der Waals surface area contributed by atoms with Crippen LogP contribution in [-0.2, 0) is 30.7 Å². The van der Waals surface area contributed by atoms with Crippen molar-refractivity contribution in [3.05, 3.63) is 46.8 Å². The number of anilines is 1. The van der Waals surface area contributed by atoms with Crippen LogP contribution in [0.4, 0.5) is 5.69 Å². The predicted octanol–water partition coefficient (Wildman–Crippen LogP) is 2.52. The molecule has 0 saturated heterocycles. The minimum Gasteiger partial charge on any atom is -0.326 e.